The van der Waals surface area contributed by atoms with Crippen molar-refractivity contribution in [1.29, 1.82) is 0 Å². The van der Waals surface area contributed by atoms with Gasteiger partial charge in [0.1, 0.15) is 5.75 Å². The van der Waals surface area contributed by atoms with Crippen LogP contribution in [0.2, 0.25) is 0 Å². The van der Waals surface area contributed by atoms with Gasteiger partial charge in [-0.15, -0.1) is 0 Å². The Morgan fingerprint density at radius 2 is 1.56 bits per heavy atom. The van der Waals surface area contributed by atoms with Crippen LogP contribution in [0, 0.1) is 0 Å². The number of hydrogen-bond acceptors (Lipinski definition) is 5. The summed E-state index contributed by atoms with van der Waals surface area (Å²) in [7, 11) is 7.26. The summed E-state index contributed by atoms with van der Waals surface area (Å²) in [5, 5.41) is 0. The lowest BCUT2D eigenvalue weighted by atomic mass is 9.88. The third kappa shape index (κ3) is 4.89. The van der Waals surface area contributed by atoms with Gasteiger partial charge in [-0.3, -0.25) is 9.88 Å². The average Bonchev–Trinajstić information content (AvgIpc) is 2.86. The third-order valence-corrected chi connectivity index (χ3v) is 5.97. The second-order valence-electron chi connectivity index (χ2n) is 7.63. The summed E-state index contributed by atoms with van der Waals surface area (Å²) in [4.78, 5) is 6.67. The van der Waals surface area contributed by atoms with Crippen molar-refractivity contribution in [3.8, 4) is 28.4 Å². The van der Waals surface area contributed by atoms with Crippen LogP contribution in [0.5, 0.6) is 17.2 Å². The van der Waals surface area contributed by atoms with Gasteiger partial charge in [0.2, 0.25) is 0 Å². The van der Waals surface area contributed by atoms with Gasteiger partial charge in [0.15, 0.2) is 11.5 Å². The minimum absolute atomic E-state index is 0.298. The zero-order valence-electron chi connectivity index (χ0n) is 20.0. The zero-order chi connectivity index (χ0) is 23.1. The number of nitrogens with zero attached hydrogens (tertiary/aromatic N) is 2. The normalized spacial score (nSPS) is 15.2. The summed E-state index contributed by atoms with van der Waals surface area (Å²) < 4.78 is 16.5. The van der Waals surface area contributed by atoms with E-state index < -0.39 is 0 Å². The van der Waals surface area contributed by atoms with Crippen molar-refractivity contribution < 1.29 is 14.2 Å². The molecule has 5 nitrogen and oxygen atoms in total. The van der Waals surface area contributed by atoms with Crippen LogP contribution in [0.1, 0.15) is 36.6 Å². The molecule has 3 aromatic rings. The molecule has 2 aromatic carbocycles. The summed E-state index contributed by atoms with van der Waals surface area (Å²) in [6, 6.07) is 15.1. The van der Waals surface area contributed by atoms with E-state index in [0.29, 0.717) is 6.04 Å². The summed E-state index contributed by atoms with van der Waals surface area (Å²) in [6.07, 6.45) is 5.54. The molecule has 1 atom stereocenters. The summed E-state index contributed by atoms with van der Waals surface area (Å²) in [5.41, 5.74) is 6.06. The molecular formula is C27H34N2O3. The largest absolute Gasteiger partial charge is 0.496 e. The Bertz CT molecular complexity index is 1020. The van der Waals surface area contributed by atoms with Crippen LogP contribution in [0.4, 0.5) is 0 Å². The fraction of sp³-hybridized carbons (Fsp3) is 0.370. The number of fused-ring (bicyclic) bond motifs is 1. The van der Waals surface area contributed by atoms with Crippen molar-refractivity contribution in [2.24, 2.45) is 0 Å². The number of benzene rings is 2. The van der Waals surface area contributed by atoms with Crippen LogP contribution in [0.3, 0.4) is 0 Å². The highest BCUT2D eigenvalue weighted by Crippen LogP contribution is 2.39. The molecule has 2 heterocycles. The topological polar surface area (TPSA) is 43.8 Å². The number of likely N-dealkylation sites (N-methyl/N-ethyl adjacent to an activating group) is 1. The molecule has 0 spiro atoms. The number of hydrogen-bond donors (Lipinski definition) is 0. The van der Waals surface area contributed by atoms with Crippen LogP contribution >= 0.6 is 0 Å². The molecule has 0 bridgehead atoms. The van der Waals surface area contributed by atoms with Crippen LogP contribution < -0.4 is 14.2 Å². The molecule has 0 fully saturated rings. The van der Waals surface area contributed by atoms with Crippen molar-refractivity contribution in [1.82, 2.24) is 9.88 Å². The lowest BCUT2D eigenvalue weighted by Crippen LogP contribution is -2.33. The molecule has 170 valence electrons. The number of pyridine rings is 1. The Morgan fingerprint density at radius 3 is 2.22 bits per heavy atom. The Hall–Kier alpha value is -3.05. The van der Waals surface area contributed by atoms with Gasteiger partial charge in [-0.1, -0.05) is 38.1 Å². The van der Waals surface area contributed by atoms with Crippen molar-refractivity contribution >= 4 is 0 Å². The molecule has 1 aliphatic heterocycles. The first kappa shape index (κ1) is 23.6. The minimum Gasteiger partial charge on any atom is -0.496 e. The van der Waals surface area contributed by atoms with Crippen molar-refractivity contribution in [2.45, 2.75) is 32.7 Å². The molecule has 32 heavy (non-hydrogen) atoms. The molecule has 1 aliphatic rings. The second-order valence-corrected chi connectivity index (χ2v) is 7.63. The Balaban J connectivity index is 0.00000141. The van der Waals surface area contributed by atoms with Gasteiger partial charge < -0.3 is 14.2 Å². The quantitative estimate of drug-likeness (QED) is 0.507. The van der Waals surface area contributed by atoms with Gasteiger partial charge in [-0.25, -0.2) is 0 Å². The lowest BCUT2D eigenvalue weighted by molar-refractivity contribution is 0.228. The smallest absolute Gasteiger partial charge is 0.161 e. The number of aromatic nitrogens is 1. The van der Waals surface area contributed by atoms with E-state index in [-0.39, 0.29) is 0 Å². The van der Waals surface area contributed by atoms with Gasteiger partial charge >= 0.3 is 0 Å². The van der Waals surface area contributed by atoms with Crippen LogP contribution in [-0.4, -0.2) is 44.8 Å². The molecule has 0 saturated carbocycles. The third-order valence-electron chi connectivity index (χ3n) is 5.97. The van der Waals surface area contributed by atoms with Crippen LogP contribution in [0.25, 0.3) is 11.1 Å². The molecular weight excluding hydrogens is 400 g/mol. The zero-order valence-corrected chi connectivity index (χ0v) is 20.0. The fourth-order valence-corrected chi connectivity index (χ4v) is 4.24. The molecule has 5 heteroatoms. The van der Waals surface area contributed by atoms with E-state index in [9.17, 15) is 0 Å². The molecule has 0 radical (unpaired) electrons. The Morgan fingerprint density at radius 1 is 0.906 bits per heavy atom. The summed E-state index contributed by atoms with van der Waals surface area (Å²) in [5.74, 6) is 2.42. The standard InChI is InChI=1S/C25H28N2O3.C2H6/c1-27-12-10-19-14-24(29-3)25(30-4)15-20(19)22(27)13-17-5-7-18(8-6-17)21-16-26-11-9-23(21)28-2;1-2/h5-9,11,14-16,22H,10,12-13H2,1-4H3;1-2H3. The van der Waals surface area contributed by atoms with Crippen molar-refractivity contribution in [2.75, 3.05) is 34.9 Å². The highest BCUT2D eigenvalue weighted by Gasteiger charge is 2.27. The molecule has 1 aromatic heterocycles. The van der Waals surface area contributed by atoms with E-state index >= 15 is 0 Å². The number of rotatable bonds is 6. The first-order chi connectivity index (χ1) is 15.6. The second kappa shape index (κ2) is 11.0. The van der Waals surface area contributed by atoms with E-state index in [2.05, 4.69) is 53.3 Å². The summed E-state index contributed by atoms with van der Waals surface area (Å²) >= 11 is 0. The molecule has 0 aliphatic carbocycles. The first-order valence-electron chi connectivity index (χ1n) is 11.2. The molecule has 0 saturated heterocycles. The van der Waals surface area contributed by atoms with Crippen LogP contribution in [-0.2, 0) is 12.8 Å². The maximum Gasteiger partial charge on any atom is 0.161 e. The maximum absolute atomic E-state index is 5.56. The minimum atomic E-state index is 0.298. The van der Waals surface area contributed by atoms with Crippen LogP contribution in [0.15, 0.2) is 54.9 Å². The SMILES string of the molecule is CC.COc1cc2c(cc1OC)C(Cc1ccc(-c3cnccc3OC)cc1)N(C)CC2. The lowest BCUT2D eigenvalue weighted by Gasteiger charge is -2.35. The van der Waals surface area contributed by atoms with Gasteiger partial charge in [-0.2, -0.15) is 0 Å². The first-order valence-corrected chi connectivity index (χ1v) is 11.2. The van der Waals surface area contributed by atoms with E-state index in [1.54, 1.807) is 27.5 Å². The predicted molar refractivity (Wildman–Crippen MR) is 130 cm³/mol. The maximum atomic E-state index is 5.56. The average molecular weight is 435 g/mol. The predicted octanol–water partition coefficient (Wildman–Crippen LogP) is 5.57. The number of methoxy groups -OCH3 is 3. The van der Waals surface area contributed by atoms with E-state index in [1.165, 1.54) is 16.7 Å². The monoisotopic (exact) mass is 434 g/mol. The summed E-state index contributed by atoms with van der Waals surface area (Å²) in [6.45, 7) is 5.03. The highest BCUT2D eigenvalue weighted by atomic mass is 16.5. The van der Waals surface area contributed by atoms with Gasteiger partial charge in [0, 0.05) is 30.5 Å². The van der Waals surface area contributed by atoms with E-state index in [1.807, 2.05) is 26.1 Å². The highest BCUT2D eigenvalue weighted by molar-refractivity contribution is 5.69. The number of ether oxygens (including phenoxy) is 3. The van der Waals surface area contributed by atoms with Crippen molar-refractivity contribution in [3.05, 3.63) is 71.5 Å². The van der Waals surface area contributed by atoms with E-state index in [0.717, 1.165) is 47.8 Å². The van der Waals surface area contributed by atoms with Gasteiger partial charge in [-0.05, 0) is 60.3 Å². The fourth-order valence-electron chi connectivity index (χ4n) is 4.24. The molecule has 0 amide bonds. The Kier molecular flexibility index (Phi) is 8.12. The van der Waals surface area contributed by atoms with Crippen molar-refractivity contribution in [3.63, 3.8) is 0 Å². The molecule has 4 rings (SSSR count). The van der Waals surface area contributed by atoms with Gasteiger partial charge in [0.05, 0.1) is 21.3 Å². The van der Waals surface area contributed by atoms with E-state index in [4.69, 9.17) is 14.2 Å². The molecule has 0 N–H and O–H groups in total. The Labute approximate surface area is 192 Å². The molecule has 1 unspecified atom stereocenters. The van der Waals surface area contributed by atoms with Gasteiger partial charge in [0.25, 0.3) is 0 Å².